The highest BCUT2D eigenvalue weighted by molar-refractivity contribution is 7.88. The van der Waals surface area contributed by atoms with Gasteiger partial charge in [-0.15, -0.1) is 0 Å². The molecule has 1 aromatic heterocycles. The van der Waals surface area contributed by atoms with E-state index in [2.05, 4.69) is 40.4 Å². The molecule has 0 bridgehead atoms. The first-order chi connectivity index (χ1) is 14.7. The van der Waals surface area contributed by atoms with Crippen molar-refractivity contribution in [2.75, 3.05) is 37.1 Å². The monoisotopic (exact) mass is 437 g/mol. The minimum Gasteiger partial charge on any atom is -0.355 e. The third kappa shape index (κ3) is 4.55. The molecule has 8 heteroatoms. The Hall–Kier alpha value is -2.97. The van der Waals surface area contributed by atoms with Crippen molar-refractivity contribution in [3.8, 4) is 11.1 Å². The lowest BCUT2D eigenvalue weighted by Crippen LogP contribution is -2.35. The number of nitrogens with zero attached hydrogens (tertiary/aromatic N) is 4. The van der Waals surface area contributed by atoms with E-state index in [-0.39, 0.29) is 0 Å². The van der Waals surface area contributed by atoms with Gasteiger partial charge in [-0.25, -0.2) is 18.4 Å². The van der Waals surface area contributed by atoms with Crippen molar-refractivity contribution in [3.05, 3.63) is 65.5 Å². The van der Waals surface area contributed by atoms with E-state index in [1.807, 2.05) is 49.6 Å². The number of nitrogens with one attached hydrogen (secondary N) is 1. The minimum atomic E-state index is -3.19. The molecule has 0 unspecified atom stereocenters. The van der Waals surface area contributed by atoms with Gasteiger partial charge in [0, 0.05) is 56.5 Å². The number of aromatic nitrogens is 2. The molecule has 0 fully saturated rings. The summed E-state index contributed by atoms with van der Waals surface area (Å²) in [5, 5.41) is 3.54. The molecule has 162 valence electrons. The Labute approximate surface area is 183 Å². The van der Waals surface area contributed by atoms with Gasteiger partial charge in [0.2, 0.25) is 16.0 Å². The third-order valence-corrected chi connectivity index (χ3v) is 6.82. The van der Waals surface area contributed by atoms with Crippen molar-refractivity contribution < 1.29 is 8.42 Å². The van der Waals surface area contributed by atoms with Crippen molar-refractivity contribution in [2.45, 2.75) is 19.9 Å². The van der Waals surface area contributed by atoms with E-state index in [9.17, 15) is 8.42 Å². The Balaban J connectivity index is 1.62. The number of rotatable bonds is 5. The molecule has 2 aromatic carbocycles. The minimum absolute atomic E-state index is 0.415. The Morgan fingerprint density at radius 1 is 1.10 bits per heavy atom. The molecule has 0 radical (unpaired) electrons. The average molecular weight is 438 g/mol. The number of hydrogen-bond acceptors (Lipinski definition) is 6. The van der Waals surface area contributed by atoms with Gasteiger partial charge in [0.1, 0.15) is 0 Å². The Bertz CT molecular complexity index is 1210. The van der Waals surface area contributed by atoms with Crippen LogP contribution in [-0.2, 0) is 23.0 Å². The van der Waals surface area contributed by atoms with Crippen LogP contribution in [0.3, 0.4) is 0 Å². The van der Waals surface area contributed by atoms with Crippen LogP contribution in [0, 0.1) is 6.92 Å². The van der Waals surface area contributed by atoms with Crippen molar-refractivity contribution in [3.63, 3.8) is 0 Å². The van der Waals surface area contributed by atoms with Crippen LogP contribution < -0.4 is 10.2 Å². The maximum absolute atomic E-state index is 11.9. The lowest BCUT2D eigenvalue weighted by atomic mass is 9.98. The van der Waals surface area contributed by atoms with Crippen molar-refractivity contribution in [1.29, 1.82) is 0 Å². The smallest absolute Gasteiger partial charge is 0.224 e. The second kappa shape index (κ2) is 8.28. The average Bonchev–Trinajstić information content (AvgIpc) is 2.74. The summed E-state index contributed by atoms with van der Waals surface area (Å²) in [6, 6.07) is 12.3. The molecule has 1 aliphatic heterocycles. The van der Waals surface area contributed by atoms with E-state index in [0.717, 1.165) is 33.6 Å². The number of hydrogen-bond donors (Lipinski definition) is 1. The second-order valence-electron chi connectivity index (χ2n) is 8.11. The Morgan fingerprint density at radius 2 is 1.84 bits per heavy atom. The Morgan fingerprint density at radius 3 is 2.52 bits per heavy atom. The van der Waals surface area contributed by atoms with Crippen LogP contribution in [0.5, 0.6) is 0 Å². The molecule has 0 saturated carbocycles. The molecular weight excluding hydrogens is 410 g/mol. The highest BCUT2D eigenvalue weighted by Crippen LogP contribution is 2.32. The van der Waals surface area contributed by atoms with Crippen LogP contribution in [0.25, 0.3) is 11.1 Å². The van der Waals surface area contributed by atoms with Gasteiger partial charge >= 0.3 is 0 Å². The zero-order chi connectivity index (χ0) is 22.2. The van der Waals surface area contributed by atoms with Crippen LogP contribution >= 0.6 is 0 Å². The molecule has 0 saturated heterocycles. The molecule has 2 heterocycles. The van der Waals surface area contributed by atoms with Crippen molar-refractivity contribution >= 4 is 27.3 Å². The molecule has 3 aromatic rings. The van der Waals surface area contributed by atoms with Crippen LogP contribution in [0.2, 0.25) is 0 Å². The van der Waals surface area contributed by atoms with E-state index < -0.39 is 10.0 Å². The zero-order valence-electron chi connectivity index (χ0n) is 18.3. The molecule has 7 nitrogen and oxygen atoms in total. The van der Waals surface area contributed by atoms with E-state index in [1.165, 1.54) is 16.1 Å². The number of anilines is 3. The summed E-state index contributed by atoms with van der Waals surface area (Å²) in [5.41, 5.74) is 7.38. The summed E-state index contributed by atoms with van der Waals surface area (Å²) in [7, 11) is 0.642. The summed E-state index contributed by atoms with van der Waals surface area (Å²) >= 11 is 0. The van der Waals surface area contributed by atoms with Crippen molar-refractivity contribution in [1.82, 2.24) is 14.3 Å². The normalized spacial score (nSPS) is 14.2. The van der Waals surface area contributed by atoms with Gasteiger partial charge in [0.25, 0.3) is 0 Å². The lowest BCUT2D eigenvalue weighted by molar-refractivity contribution is 0.395. The van der Waals surface area contributed by atoms with Crippen molar-refractivity contribution in [2.24, 2.45) is 0 Å². The van der Waals surface area contributed by atoms with Gasteiger partial charge in [0.15, 0.2) is 0 Å². The van der Waals surface area contributed by atoms with E-state index in [1.54, 1.807) is 0 Å². The summed E-state index contributed by atoms with van der Waals surface area (Å²) in [4.78, 5) is 10.7. The summed E-state index contributed by atoms with van der Waals surface area (Å²) in [6.45, 7) is 2.99. The first-order valence-corrected chi connectivity index (χ1v) is 12.0. The van der Waals surface area contributed by atoms with E-state index in [0.29, 0.717) is 25.5 Å². The number of sulfonamides is 1. The molecule has 1 N–H and O–H groups in total. The summed E-state index contributed by atoms with van der Waals surface area (Å²) in [5.74, 6) is 0.676. The molecule has 31 heavy (non-hydrogen) atoms. The predicted octanol–water partition coefficient (Wildman–Crippen LogP) is 3.58. The fourth-order valence-corrected chi connectivity index (χ4v) is 4.64. The first-order valence-electron chi connectivity index (χ1n) is 10.2. The molecule has 0 aliphatic carbocycles. The maximum atomic E-state index is 11.9. The van der Waals surface area contributed by atoms with Gasteiger partial charge in [-0.05, 0) is 53.8 Å². The van der Waals surface area contributed by atoms with E-state index >= 15 is 0 Å². The van der Waals surface area contributed by atoms with E-state index in [4.69, 9.17) is 0 Å². The zero-order valence-corrected chi connectivity index (χ0v) is 19.1. The topological polar surface area (TPSA) is 78.4 Å². The molecule has 4 rings (SSSR count). The predicted molar refractivity (Wildman–Crippen MR) is 125 cm³/mol. The standard InChI is InChI=1S/C23H27N5O2S/c1-16-8-9-19(12-21(16)18-13-24-23(25-14-18)27(2)3)26-22-7-5-6-17-15-28(31(4,29)30)11-10-20(17)22/h5-9,12-14,26H,10-11,15H2,1-4H3. The highest BCUT2D eigenvalue weighted by Gasteiger charge is 2.24. The Kier molecular flexibility index (Phi) is 5.68. The molecular formula is C23H27N5O2S. The fraction of sp³-hybridized carbons (Fsp3) is 0.304. The van der Waals surface area contributed by atoms with Crippen LogP contribution in [0.1, 0.15) is 16.7 Å². The third-order valence-electron chi connectivity index (χ3n) is 5.57. The molecule has 0 amide bonds. The maximum Gasteiger partial charge on any atom is 0.224 e. The quantitative estimate of drug-likeness (QED) is 0.657. The molecule has 0 atom stereocenters. The number of fused-ring (bicyclic) bond motifs is 1. The van der Waals surface area contributed by atoms with Gasteiger partial charge in [-0.2, -0.15) is 4.31 Å². The second-order valence-corrected chi connectivity index (χ2v) is 10.1. The van der Waals surface area contributed by atoms with Gasteiger partial charge < -0.3 is 10.2 Å². The van der Waals surface area contributed by atoms with Gasteiger partial charge in [0.05, 0.1) is 6.26 Å². The highest BCUT2D eigenvalue weighted by atomic mass is 32.2. The van der Waals surface area contributed by atoms with Crippen LogP contribution in [0.4, 0.5) is 17.3 Å². The van der Waals surface area contributed by atoms with Gasteiger partial charge in [-0.1, -0.05) is 18.2 Å². The summed E-state index contributed by atoms with van der Waals surface area (Å²) < 4.78 is 25.4. The largest absolute Gasteiger partial charge is 0.355 e. The van der Waals surface area contributed by atoms with Crippen LogP contribution in [0.15, 0.2) is 48.8 Å². The lowest BCUT2D eigenvalue weighted by Gasteiger charge is -2.28. The SMILES string of the molecule is Cc1ccc(Nc2cccc3c2CCN(S(C)(=O)=O)C3)cc1-c1cnc(N(C)C)nc1. The number of aryl methyl sites for hydroxylation is 1. The molecule has 0 spiro atoms. The fourth-order valence-electron chi connectivity index (χ4n) is 3.84. The molecule has 1 aliphatic rings. The first kappa shape index (κ1) is 21.3. The number of benzene rings is 2. The van der Waals surface area contributed by atoms with Gasteiger partial charge in [-0.3, -0.25) is 0 Å². The summed E-state index contributed by atoms with van der Waals surface area (Å²) in [6.07, 6.45) is 5.64. The van der Waals surface area contributed by atoms with Crippen LogP contribution in [-0.4, -0.2) is 49.6 Å².